The summed E-state index contributed by atoms with van der Waals surface area (Å²) in [5, 5.41) is 0. The molecule has 0 saturated carbocycles. The zero-order chi connectivity index (χ0) is 27.5. The molecule has 4 aromatic carbocycles. The molecule has 4 aromatic rings. The summed E-state index contributed by atoms with van der Waals surface area (Å²) in [4.78, 5) is 13.4. The van der Waals surface area contributed by atoms with Crippen molar-refractivity contribution >= 4 is 37.6 Å². The highest BCUT2D eigenvalue weighted by Crippen LogP contribution is 2.30. The molecule has 0 aliphatic heterocycles. The first-order chi connectivity index (χ1) is 17.9. The van der Waals surface area contributed by atoms with Gasteiger partial charge in [-0.3, -0.25) is 4.90 Å². The van der Waals surface area contributed by atoms with Crippen molar-refractivity contribution in [1.29, 1.82) is 0 Å². The minimum absolute atomic E-state index is 0.0117. The first-order valence-corrected chi connectivity index (χ1v) is 14.1. The van der Waals surface area contributed by atoms with Crippen LogP contribution in [0.5, 0.6) is 11.5 Å². The van der Waals surface area contributed by atoms with E-state index in [1.807, 2.05) is 13.8 Å². The third-order valence-corrected chi connectivity index (χ3v) is 7.96. The second kappa shape index (κ2) is 10.6. The van der Waals surface area contributed by atoms with Crippen LogP contribution in [-0.4, -0.2) is 22.9 Å². The maximum Gasteiger partial charge on any atom is 0.339 e. The van der Waals surface area contributed by atoms with Gasteiger partial charge in [0.25, 0.3) is 0 Å². The minimum Gasteiger partial charge on any atom is -0.379 e. The molecule has 0 heterocycles. The third kappa shape index (κ3) is 6.13. The number of nitrogens with two attached hydrogens (primary N) is 1. The second-order valence-electron chi connectivity index (χ2n) is 8.36. The summed E-state index contributed by atoms with van der Waals surface area (Å²) in [6.45, 7) is 3.68. The number of rotatable bonds is 8. The molecule has 2 amide bonds. The minimum atomic E-state index is -4.04. The molecule has 0 aliphatic carbocycles. The molecule has 38 heavy (non-hydrogen) atoms. The van der Waals surface area contributed by atoms with Gasteiger partial charge in [-0.1, -0.05) is 35.4 Å². The Bertz CT molecular complexity index is 1530. The lowest BCUT2D eigenvalue weighted by atomic mass is 10.2. The molecule has 196 valence electrons. The molecular weight excluding hydrogens is 528 g/mol. The van der Waals surface area contributed by atoms with Crippen molar-refractivity contribution in [3.8, 4) is 11.5 Å². The maximum absolute atomic E-state index is 12.5. The summed E-state index contributed by atoms with van der Waals surface area (Å²) in [7, 11) is -8.08. The van der Waals surface area contributed by atoms with E-state index in [1.165, 1.54) is 72.8 Å². The standard InChI is InChI=1S/C27H24N2O7S2/c1-19-3-15-25(16-4-19)37(31,32)35-23-11-7-21(8-12-23)29(27(28)30)22-9-13-24(14-10-22)36-38(33,34)26-17-5-20(2)6-18-26/h3-18H,1-2H3,(H2,28,30). The number of carbonyl (C=O) groups is 1. The van der Waals surface area contributed by atoms with Gasteiger partial charge in [0, 0.05) is 0 Å². The van der Waals surface area contributed by atoms with Crippen LogP contribution < -0.4 is 19.0 Å². The summed E-state index contributed by atoms with van der Waals surface area (Å²) in [6, 6.07) is 23.1. The molecule has 9 nitrogen and oxygen atoms in total. The van der Waals surface area contributed by atoms with Crippen LogP contribution in [0.4, 0.5) is 16.2 Å². The van der Waals surface area contributed by atoms with Crippen molar-refractivity contribution in [2.75, 3.05) is 4.90 Å². The summed E-state index contributed by atoms with van der Waals surface area (Å²) >= 11 is 0. The average molecular weight is 553 g/mol. The summed E-state index contributed by atoms with van der Waals surface area (Å²) in [5.41, 5.74) is 8.07. The fraction of sp³-hybridized carbons (Fsp3) is 0.0741. The van der Waals surface area contributed by atoms with E-state index in [-0.39, 0.29) is 21.3 Å². The van der Waals surface area contributed by atoms with E-state index >= 15 is 0 Å². The van der Waals surface area contributed by atoms with Gasteiger partial charge in [0.05, 0.1) is 11.4 Å². The van der Waals surface area contributed by atoms with E-state index in [0.29, 0.717) is 11.4 Å². The average Bonchev–Trinajstić information content (AvgIpc) is 2.86. The van der Waals surface area contributed by atoms with Crippen molar-refractivity contribution in [3.63, 3.8) is 0 Å². The van der Waals surface area contributed by atoms with Crippen LogP contribution in [0.15, 0.2) is 107 Å². The van der Waals surface area contributed by atoms with Gasteiger partial charge in [-0.15, -0.1) is 0 Å². The predicted octanol–water partition coefficient (Wildman–Crippen LogP) is 5.06. The van der Waals surface area contributed by atoms with E-state index in [9.17, 15) is 21.6 Å². The predicted molar refractivity (Wildman–Crippen MR) is 143 cm³/mol. The number of aryl methyl sites for hydroxylation is 2. The zero-order valence-corrected chi connectivity index (χ0v) is 22.1. The highest BCUT2D eigenvalue weighted by molar-refractivity contribution is 7.87. The van der Waals surface area contributed by atoms with E-state index in [0.717, 1.165) is 16.0 Å². The molecular formula is C27H24N2O7S2. The van der Waals surface area contributed by atoms with Gasteiger partial charge in [0.1, 0.15) is 21.3 Å². The highest BCUT2D eigenvalue weighted by atomic mass is 32.2. The molecule has 2 N–H and O–H groups in total. The van der Waals surface area contributed by atoms with Gasteiger partial charge in [-0.2, -0.15) is 16.8 Å². The fourth-order valence-corrected chi connectivity index (χ4v) is 5.32. The normalized spacial score (nSPS) is 11.5. The molecule has 0 saturated heterocycles. The number of amides is 2. The molecule has 0 aromatic heterocycles. The second-order valence-corrected chi connectivity index (χ2v) is 11.5. The van der Waals surface area contributed by atoms with Crippen molar-refractivity contribution in [2.24, 2.45) is 5.73 Å². The van der Waals surface area contributed by atoms with E-state index in [4.69, 9.17) is 14.1 Å². The molecule has 0 spiro atoms. The first kappa shape index (κ1) is 26.7. The lowest BCUT2D eigenvalue weighted by molar-refractivity contribution is 0.256. The Hall–Kier alpha value is -4.35. The number of carbonyl (C=O) groups excluding carboxylic acids is 1. The number of anilines is 2. The van der Waals surface area contributed by atoms with Gasteiger partial charge in [-0.25, -0.2) is 4.79 Å². The number of primary amides is 1. The van der Waals surface area contributed by atoms with E-state index < -0.39 is 26.3 Å². The maximum atomic E-state index is 12.5. The quantitative estimate of drug-likeness (QED) is 0.302. The topological polar surface area (TPSA) is 133 Å². The SMILES string of the molecule is Cc1ccc(S(=O)(=O)Oc2ccc(N(C(N)=O)c3ccc(OS(=O)(=O)c4ccc(C)cc4)cc3)cc2)cc1. The van der Waals surface area contributed by atoms with Crippen molar-refractivity contribution < 1.29 is 30.0 Å². The van der Waals surface area contributed by atoms with Crippen LogP contribution in [0.3, 0.4) is 0 Å². The number of benzene rings is 4. The Morgan fingerprint density at radius 3 is 1.18 bits per heavy atom. The Kier molecular flexibility index (Phi) is 7.42. The van der Waals surface area contributed by atoms with Crippen LogP contribution in [0.25, 0.3) is 0 Å². The lowest BCUT2D eigenvalue weighted by Gasteiger charge is -2.21. The van der Waals surface area contributed by atoms with Crippen LogP contribution in [0.1, 0.15) is 11.1 Å². The Morgan fingerprint density at radius 2 is 0.895 bits per heavy atom. The highest BCUT2D eigenvalue weighted by Gasteiger charge is 2.20. The molecule has 0 atom stereocenters. The van der Waals surface area contributed by atoms with Gasteiger partial charge in [-0.05, 0) is 86.6 Å². The molecule has 0 unspecified atom stereocenters. The number of urea groups is 1. The lowest BCUT2D eigenvalue weighted by Crippen LogP contribution is -2.31. The fourth-order valence-electron chi connectivity index (χ4n) is 3.46. The van der Waals surface area contributed by atoms with Crippen molar-refractivity contribution in [2.45, 2.75) is 23.6 Å². The summed E-state index contributed by atoms with van der Waals surface area (Å²) in [5.74, 6) is 0.0904. The van der Waals surface area contributed by atoms with Gasteiger partial charge >= 0.3 is 26.3 Å². The monoisotopic (exact) mass is 552 g/mol. The number of nitrogens with zero attached hydrogens (tertiary/aromatic N) is 1. The van der Waals surface area contributed by atoms with Gasteiger partial charge in [0.2, 0.25) is 0 Å². The zero-order valence-electron chi connectivity index (χ0n) is 20.4. The molecule has 0 aliphatic rings. The molecule has 0 fully saturated rings. The number of hydrogen-bond acceptors (Lipinski definition) is 7. The Labute approximate surface area is 221 Å². The molecule has 4 rings (SSSR count). The van der Waals surface area contributed by atoms with Crippen molar-refractivity contribution in [1.82, 2.24) is 0 Å². The largest absolute Gasteiger partial charge is 0.379 e. The Morgan fingerprint density at radius 1 is 0.579 bits per heavy atom. The molecule has 0 bridgehead atoms. The van der Waals surface area contributed by atoms with Crippen LogP contribution in [0, 0.1) is 13.8 Å². The van der Waals surface area contributed by atoms with E-state index in [1.54, 1.807) is 24.3 Å². The van der Waals surface area contributed by atoms with Gasteiger partial charge < -0.3 is 14.1 Å². The van der Waals surface area contributed by atoms with Crippen LogP contribution in [-0.2, 0) is 20.2 Å². The summed E-state index contributed by atoms with van der Waals surface area (Å²) < 4.78 is 60.5. The number of hydrogen-bond donors (Lipinski definition) is 1. The first-order valence-electron chi connectivity index (χ1n) is 11.3. The molecule has 0 radical (unpaired) electrons. The summed E-state index contributed by atoms with van der Waals surface area (Å²) in [6.07, 6.45) is 0. The van der Waals surface area contributed by atoms with Crippen LogP contribution in [0.2, 0.25) is 0 Å². The van der Waals surface area contributed by atoms with Crippen LogP contribution >= 0.6 is 0 Å². The third-order valence-electron chi connectivity index (χ3n) is 5.44. The van der Waals surface area contributed by atoms with E-state index in [2.05, 4.69) is 0 Å². The van der Waals surface area contributed by atoms with Crippen molar-refractivity contribution in [3.05, 3.63) is 108 Å². The Balaban J connectivity index is 1.51. The smallest absolute Gasteiger partial charge is 0.339 e. The van der Waals surface area contributed by atoms with Gasteiger partial charge in [0.15, 0.2) is 0 Å². The molecule has 11 heteroatoms.